The molecule has 130 valence electrons. The maximum Gasteiger partial charge on any atom is 0.271 e. The predicted octanol–water partition coefficient (Wildman–Crippen LogP) is 3.48. The molecule has 0 aromatic heterocycles. The van der Waals surface area contributed by atoms with Gasteiger partial charge in [-0.25, -0.2) is 0 Å². The first kappa shape index (κ1) is 17.0. The lowest BCUT2D eigenvalue weighted by Crippen LogP contribution is -2.38. The number of hydrogen-bond acceptors (Lipinski definition) is 4. The average Bonchev–Trinajstić information content (AvgIpc) is 2.99. The number of hydrogen-bond donors (Lipinski definition) is 0. The third kappa shape index (κ3) is 3.64. The van der Waals surface area contributed by atoms with Gasteiger partial charge < -0.3 is 9.80 Å². The topological polar surface area (TPSA) is 66.7 Å². The molecule has 1 aliphatic carbocycles. The van der Waals surface area contributed by atoms with Gasteiger partial charge in [0.15, 0.2) is 0 Å². The highest BCUT2D eigenvalue weighted by atomic mass is 35.5. The lowest BCUT2D eigenvalue weighted by molar-refractivity contribution is -0.384. The van der Waals surface area contributed by atoms with Crippen LogP contribution in [0.5, 0.6) is 0 Å². The number of carbonyl (C=O) groups excluding carboxylic acids is 1. The van der Waals surface area contributed by atoms with Crippen LogP contribution in [0, 0.1) is 16.0 Å². The van der Waals surface area contributed by atoms with Crippen LogP contribution >= 0.6 is 11.6 Å². The zero-order chi connectivity index (χ0) is 17.1. The summed E-state index contributed by atoms with van der Waals surface area (Å²) in [5, 5.41) is 11.2. The number of amides is 1. The highest BCUT2D eigenvalue weighted by Gasteiger charge is 2.28. The van der Waals surface area contributed by atoms with E-state index in [9.17, 15) is 14.9 Å². The lowest BCUT2D eigenvalue weighted by atomic mass is 10.1. The van der Waals surface area contributed by atoms with Gasteiger partial charge in [0.25, 0.3) is 5.69 Å². The standard InChI is InChI=1S/C17H22ClN3O3/c18-15-12-14(21(23)24)6-7-16(15)19-8-3-9-20(11-10-19)17(22)13-4-1-2-5-13/h6-7,12-13H,1-5,8-11H2. The molecule has 24 heavy (non-hydrogen) atoms. The minimum Gasteiger partial charge on any atom is -0.368 e. The number of non-ortho nitro benzene ring substituents is 1. The minimum atomic E-state index is -0.444. The number of nitrogens with zero attached hydrogens (tertiary/aromatic N) is 3. The minimum absolute atomic E-state index is 0.00314. The van der Waals surface area contributed by atoms with E-state index >= 15 is 0 Å². The molecule has 1 heterocycles. The van der Waals surface area contributed by atoms with Crippen molar-refractivity contribution in [2.24, 2.45) is 5.92 Å². The SMILES string of the molecule is O=C(C1CCCC1)N1CCCN(c2ccc([N+](=O)[O-])cc2Cl)CC1. The molecular formula is C17H22ClN3O3. The molecule has 0 spiro atoms. The van der Waals surface area contributed by atoms with E-state index in [1.165, 1.54) is 12.1 Å². The molecule has 1 aromatic carbocycles. The van der Waals surface area contributed by atoms with E-state index < -0.39 is 4.92 Å². The first-order chi connectivity index (χ1) is 11.6. The Bertz CT molecular complexity index is 632. The number of rotatable bonds is 3. The second-order valence-corrected chi connectivity index (χ2v) is 6.95. The molecule has 3 rings (SSSR count). The van der Waals surface area contributed by atoms with Crippen LogP contribution in [0.4, 0.5) is 11.4 Å². The third-order valence-corrected chi connectivity index (χ3v) is 5.30. The Morgan fingerprint density at radius 3 is 2.54 bits per heavy atom. The first-order valence-corrected chi connectivity index (χ1v) is 8.92. The molecule has 1 saturated heterocycles. The van der Waals surface area contributed by atoms with Crippen molar-refractivity contribution in [2.75, 3.05) is 31.1 Å². The molecule has 6 nitrogen and oxygen atoms in total. The molecule has 1 aliphatic heterocycles. The Morgan fingerprint density at radius 1 is 1.12 bits per heavy atom. The van der Waals surface area contributed by atoms with Crippen molar-refractivity contribution in [3.8, 4) is 0 Å². The summed E-state index contributed by atoms with van der Waals surface area (Å²) < 4.78 is 0. The van der Waals surface area contributed by atoms with Crippen molar-refractivity contribution in [3.63, 3.8) is 0 Å². The Balaban J connectivity index is 1.67. The molecule has 0 bridgehead atoms. The molecule has 0 atom stereocenters. The van der Waals surface area contributed by atoms with Gasteiger partial charge in [0.2, 0.25) is 5.91 Å². The summed E-state index contributed by atoms with van der Waals surface area (Å²) in [7, 11) is 0. The Hall–Kier alpha value is -1.82. The zero-order valence-corrected chi connectivity index (χ0v) is 14.4. The summed E-state index contributed by atoms with van der Waals surface area (Å²) in [6.45, 7) is 2.96. The summed E-state index contributed by atoms with van der Waals surface area (Å²) >= 11 is 6.24. The predicted molar refractivity (Wildman–Crippen MR) is 93.5 cm³/mol. The molecule has 0 radical (unpaired) electrons. The number of halogens is 1. The van der Waals surface area contributed by atoms with E-state index in [1.54, 1.807) is 6.07 Å². The van der Waals surface area contributed by atoms with Crippen molar-refractivity contribution < 1.29 is 9.72 Å². The zero-order valence-electron chi connectivity index (χ0n) is 13.6. The number of benzene rings is 1. The van der Waals surface area contributed by atoms with Crippen molar-refractivity contribution in [3.05, 3.63) is 33.3 Å². The molecule has 1 saturated carbocycles. The highest BCUT2D eigenvalue weighted by molar-refractivity contribution is 6.33. The van der Waals surface area contributed by atoms with Gasteiger partial charge in [-0.1, -0.05) is 24.4 Å². The van der Waals surface area contributed by atoms with Gasteiger partial charge in [-0.15, -0.1) is 0 Å². The smallest absolute Gasteiger partial charge is 0.271 e. The molecule has 2 aliphatic rings. The Labute approximate surface area is 146 Å². The van der Waals surface area contributed by atoms with Crippen LogP contribution in [0.1, 0.15) is 32.1 Å². The lowest BCUT2D eigenvalue weighted by Gasteiger charge is -2.25. The van der Waals surface area contributed by atoms with Gasteiger partial charge >= 0.3 is 0 Å². The normalized spacial score (nSPS) is 19.4. The Morgan fingerprint density at radius 2 is 1.88 bits per heavy atom. The third-order valence-electron chi connectivity index (χ3n) is 4.99. The quantitative estimate of drug-likeness (QED) is 0.617. The maximum absolute atomic E-state index is 12.6. The van der Waals surface area contributed by atoms with E-state index in [4.69, 9.17) is 11.6 Å². The van der Waals surface area contributed by atoms with Crippen molar-refractivity contribution >= 4 is 28.9 Å². The molecule has 1 aromatic rings. The van der Waals surface area contributed by atoms with Crippen LogP contribution in [0.2, 0.25) is 5.02 Å². The monoisotopic (exact) mass is 351 g/mol. The molecular weight excluding hydrogens is 330 g/mol. The van der Waals surface area contributed by atoms with Gasteiger partial charge in [0.05, 0.1) is 15.6 Å². The second kappa shape index (κ2) is 7.38. The number of nitro benzene ring substituents is 1. The van der Waals surface area contributed by atoms with Crippen LogP contribution in [0.3, 0.4) is 0 Å². The highest BCUT2D eigenvalue weighted by Crippen LogP contribution is 2.31. The van der Waals surface area contributed by atoms with Gasteiger partial charge in [0.1, 0.15) is 0 Å². The van der Waals surface area contributed by atoms with Crippen LogP contribution in [-0.2, 0) is 4.79 Å². The maximum atomic E-state index is 12.6. The van der Waals surface area contributed by atoms with E-state index in [0.29, 0.717) is 24.0 Å². The van der Waals surface area contributed by atoms with Crippen molar-refractivity contribution in [1.82, 2.24) is 4.90 Å². The van der Waals surface area contributed by atoms with E-state index in [0.717, 1.165) is 50.9 Å². The van der Waals surface area contributed by atoms with Crippen LogP contribution in [-0.4, -0.2) is 41.9 Å². The molecule has 0 unspecified atom stereocenters. The summed E-state index contributed by atoms with van der Waals surface area (Å²) in [5.41, 5.74) is 0.800. The van der Waals surface area contributed by atoms with Gasteiger partial charge in [0, 0.05) is 44.2 Å². The van der Waals surface area contributed by atoms with Crippen LogP contribution in [0.25, 0.3) is 0 Å². The molecule has 1 amide bonds. The number of anilines is 1. The summed E-state index contributed by atoms with van der Waals surface area (Å²) in [4.78, 5) is 27.1. The van der Waals surface area contributed by atoms with E-state index in [2.05, 4.69) is 4.90 Å². The Kier molecular flexibility index (Phi) is 5.23. The average molecular weight is 352 g/mol. The molecule has 0 N–H and O–H groups in total. The van der Waals surface area contributed by atoms with Crippen LogP contribution < -0.4 is 4.90 Å². The van der Waals surface area contributed by atoms with Gasteiger partial charge in [-0.3, -0.25) is 14.9 Å². The summed E-state index contributed by atoms with van der Waals surface area (Å²) in [5.74, 6) is 0.503. The first-order valence-electron chi connectivity index (χ1n) is 8.54. The van der Waals surface area contributed by atoms with E-state index in [-0.39, 0.29) is 11.6 Å². The summed E-state index contributed by atoms with van der Waals surface area (Å²) in [6, 6.07) is 4.58. The van der Waals surface area contributed by atoms with Crippen molar-refractivity contribution in [1.29, 1.82) is 0 Å². The fourth-order valence-electron chi connectivity index (χ4n) is 3.68. The molecule has 7 heteroatoms. The van der Waals surface area contributed by atoms with Gasteiger partial charge in [-0.2, -0.15) is 0 Å². The van der Waals surface area contributed by atoms with Gasteiger partial charge in [-0.05, 0) is 25.3 Å². The van der Waals surface area contributed by atoms with Crippen LogP contribution in [0.15, 0.2) is 18.2 Å². The number of nitro groups is 1. The molecule has 2 fully saturated rings. The second-order valence-electron chi connectivity index (χ2n) is 6.54. The fraction of sp³-hybridized carbons (Fsp3) is 0.588. The fourth-order valence-corrected chi connectivity index (χ4v) is 3.97. The largest absolute Gasteiger partial charge is 0.368 e. The summed E-state index contributed by atoms with van der Waals surface area (Å²) in [6.07, 6.45) is 5.25. The number of carbonyl (C=O) groups is 1. The van der Waals surface area contributed by atoms with E-state index in [1.807, 2.05) is 4.90 Å². The van der Waals surface area contributed by atoms with Crippen molar-refractivity contribution in [2.45, 2.75) is 32.1 Å².